The van der Waals surface area contributed by atoms with E-state index < -0.39 is 6.69 Å². The zero-order valence-electron chi connectivity index (χ0n) is 8.91. The second-order valence-corrected chi connectivity index (χ2v) is 11.4. The molecule has 0 amide bonds. The molecule has 0 saturated carbocycles. The summed E-state index contributed by atoms with van der Waals surface area (Å²) >= 11 is 12.6. The van der Waals surface area contributed by atoms with E-state index in [1.165, 1.54) is 38.5 Å². The van der Waals surface area contributed by atoms with Crippen molar-refractivity contribution in [3.8, 4) is 0 Å². The smallest absolute Gasteiger partial charge is 0.146 e. The lowest BCUT2D eigenvalue weighted by molar-refractivity contribution is 0.748. The lowest BCUT2D eigenvalue weighted by Crippen LogP contribution is -2.17. The summed E-state index contributed by atoms with van der Waals surface area (Å²) in [6, 6.07) is 2.18. The lowest BCUT2D eigenvalue weighted by Gasteiger charge is -2.15. The van der Waals surface area contributed by atoms with E-state index >= 15 is 0 Å². The summed E-state index contributed by atoms with van der Waals surface area (Å²) in [7, 11) is 0. The summed E-state index contributed by atoms with van der Waals surface area (Å²) in [6.07, 6.45) is 7.52. The highest BCUT2D eigenvalue weighted by atomic mass is 35.7. The number of halogens is 2. The number of unbranched alkanes of at least 4 members (excludes halogenated alkanes) is 4. The Morgan fingerprint density at radius 1 is 0.769 bits per heavy atom. The highest BCUT2D eigenvalue weighted by Gasteiger charge is 2.26. The van der Waals surface area contributed by atoms with Gasteiger partial charge in [0.05, 0.1) is 0 Å². The van der Waals surface area contributed by atoms with Crippen LogP contribution in [0.25, 0.3) is 0 Å². The highest BCUT2D eigenvalue weighted by molar-refractivity contribution is 7.45. The fourth-order valence-electron chi connectivity index (χ4n) is 1.39. The second kappa shape index (κ2) is 8.13. The molecule has 0 aliphatic carbocycles. The average Bonchev–Trinajstić information content (AvgIpc) is 2.05. The van der Waals surface area contributed by atoms with Gasteiger partial charge in [0, 0.05) is 0 Å². The summed E-state index contributed by atoms with van der Waals surface area (Å²) in [5.74, 6) is 0. The lowest BCUT2D eigenvalue weighted by atomic mass is 10.3. The Labute approximate surface area is 93.4 Å². The van der Waals surface area contributed by atoms with Crippen molar-refractivity contribution in [3.63, 3.8) is 0 Å². The summed E-state index contributed by atoms with van der Waals surface area (Å²) in [5.41, 5.74) is 0. The summed E-state index contributed by atoms with van der Waals surface area (Å²) in [6.45, 7) is 2.59. The first-order valence-corrected chi connectivity index (χ1v) is 9.94. The molecule has 0 aromatic carbocycles. The molecule has 0 atom stereocenters. The van der Waals surface area contributed by atoms with E-state index in [0.717, 1.165) is 12.1 Å². The standard InChI is InChI=1S/C10H22Cl2Si/c1-3-5-7-9-13(11,12)10-8-6-4-2/h3-10H2,1-2H3. The van der Waals surface area contributed by atoms with Crippen LogP contribution < -0.4 is 0 Å². The minimum Gasteiger partial charge on any atom is -0.146 e. The van der Waals surface area contributed by atoms with Gasteiger partial charge in [0.2, 0.25) is 0 Å². The molecule has 0 unspecified atom stereocenters. The van der Waals surface area contributed by atoms with Crippen LogP contribution in [0.2, 0.25) is 12.1 Å². The van der Waals surface area contributed by atoms with Gasteiger partial charge >= 0.3 is 0 Å². The zero-order valence-corrected chi connectivity index (χ0v) is 11.4. The molecular formula is C10H22Cl2Si. The fraction of sp³-hybridized carbons (Fsp3) is 1.00. The van der Waals surface area contributed by atoms with Crippen LogP contribution in [-0.4, -0.2) is 6.69 Å². The Kier molecular flexibility index (Phi) is 8.63. The SMILES string of the molecule is CCCCC[Si](Cl)(Cl)CCCCC. The minimum atomic E-state index is -1.83. The van der Waals surface area contributed by atoms with Crippen molar-refractivity contribution < 1.29 is 0 Å². The van der Waals surface area contributed by atoms with Crippen LogP contribution in [0.4, 0.5) is 0 Å². The van der Waals surface area contributed by atoms with Gasteiger partial charge < -0.3 is 0 Å². The second-order valence-electron chi connectivity index (χ2n) is 3.77. The van der Waals surface area contributed by atoms with Gasteiger partial charge in [-0.25, -0.2) is 0 Å². The maximum absolute atomic E-state index is 6.31. The zero-order chi connectivity index (χ0) is 10.2. The van der Waals surface area contributed by atoms with Crippen molar-refractivity contribution in [2.45, 2.75) is 64.5 Å². The first kappa shape index (κ1) is 13.8. The molecule has 0 rings (SSSR count). The van der Waals surface area contributed by atoms with E-state index in [0.29, 0.717) is 0 Å². The highest BCUT2D eigenvalue weighted by Crippen LogP contribution is 2.30. The maximum Gasteiger partial charge on any atom is 0.251 e. The Balaban J connectivity index is 3.42. The van der Waals surface area contributed by atoms with Crippen LogP contribution >= 0.6 is 22.2 Å². The third-order valence-corrected chi connectivity index (χ3v) is 6.73. The molecule has 0 bridgehead atoms. The van der Waals surface area contributed by atoms with E-state index in [1.807, 2.05) is 0 Å². The van der Waals surface area contributed by atoms with Gasteiger partial charge in [0.1, 0.15) is 0 Å². The van der Waals surface area contributed by atoms with Gasteiger partial charge in [0.15, 0.2) is 0 Å². The quantitative estimate of drug-likeness (QED) is 0.308. The molecule has 0 aliphatic heterocycles. The monoisotopic (exact) mass is 240 g/mol. The van der Waals surface area contributed by atoms with Crippen molar-refractivity contribution in [2.24, 2.45) is 0 Å². The van der Waals surface area contributed by atoms with Gasteiger partial charge in [0.25, 0.3) is 6.69 Å². The third kappa shape index (κ3) is 9.11. The largest absolute Gasteiger partial charge is 0.251 e. The first-order valence-electron chi connectivity index (χ1n) is 5.50. The van der Waals surface area contributed by atoms with E-state index in [1.54, 1.807) is 0 Å². The van der Waals surface area contributed by atoms with E-state index in [9.17, 15) is 0 Å². The van der Waals surface area contributed by atoms with Gasteiger partial charge in [-0.3, -0.25) is 0 Å². The number of hydrogen-bond donors (Lipinski definition) is 0. The Morgan fingerprint density at radius 3 is 1.46 bits per heavy atom. The number of hydrogen-bond acceptors (Lipinski definition) is 0. The van der Waals surface area contributed by atoms with Crippen molar-refractivity contribution in [3.05, 3.63) is 0 Å². The summed E-state index contributed by atoms with van der Waals surface area (Å²) in [5, 5.41) is 0. The van der Waals surface area contributed by atoms with E-state index in [4.69, 9.17) is 22.2 Å². The molecule has 0 heterocycles. The van der Waals surface area contributed by atoms with Crippen LogP contribution in [-0.2, 0) is 0 Å². The van der Waals surface area contributed by atoms with Crippen LogP contribution in [0.1, 0.15) is 52.4 Å². The van der Waals surface area contributed by atoms with Crippen molar-refractivity contribution in [1.29, 1.82) is 0 Å². The molecule has 3 heteroatoms. The Bertz CT molecular complexity index is 103. The molecule has 0 aromatic heterocycles. The Morgan fingerprint density at radius 2 is 1.15 bits per heavy atom. The van der Waals surface area contributed by atoms with E-state index in [-0.39, 0.29) is 0 Å². The normalized spacial score (nSPS) is 12.0. The maximum atomic E-state index is 6.31. The predicted octanol–water partition coefficient (Wildman–Crippen LogP) is 5.29. The molecule has 13 heavy (non-hydrogen) atoms. The van der Waals surface area contributed by atoms with Gasteiger partial charge in [-0.2, -0.15) is 0 Å². The topological polar surface area (TPSA) is 0 Å². The third-order valence-electron chi connectivity index (χ3n) is 2.29. The summed E-state index contributed by atoms with van der Waals surface area (Å²) in [4.78, 5) is 0. The van der Waals surface area contributed by atoms with Crippen molar-refractivity contribution in [1.82, 2.24) is 0 Å². The molecule has 0 nitrogen and oxygen atoms in total. The fourth-order valence-corrected chi connectivity index (χ4v) is 4.78. The molecule has 0 N–H and O–H groups in total. The molecule has 0 aromatic rings. The molecular weight excluding hydrogens is 219 g/mol. The van der Waals surface area contributed by atoms with Gasteiger partial charge in [-0.05, 0) is 12.1 Å². The number of rotatable bonds is 8. The van der Waals surface area contributed by atoms with Gasteiger partial charge in [-0.15, -0.1) is 22.2 Å². The summed E-state index contributed by atoms with van der Waals surface area (Å²) < 4.78 is 0. The van der Waals surface area contributed by atoms with Crippen molar-refractivity contribution >= 4 is 28.9 Å². The van der Waals surface area contributed by atoms with Crippen LogP contribution in [0, 0.1) is 0 Å². The molecule has 0 saturated heterocycles. The molecule has 0 aliphatic rings. The van der Waals surface area contributed by atoms with Gasteiger partial charge in [-0.1, -0.05) is 52.4 Å². The first-order chi connectivity index (χ1) is 6.12. The molecule has 80 valence electrons. The molecule has 0 fully saturated rings. The van der Waals surface area contributed by atoms with Crippen molar-refractivity contribution in [2.75, 3.05) is 0 Å². The van der Waals surface area contributed by atoms with Crippen LogP contribution in [0.3, 0.4) is 0 Å². The molecule has 0 radical (unpaired) electrons. The Hall–Kier alpha value is 0.797. The van der Waals surface area contributed by atoms with E-state index in [2.05, 4.69) is 13.8 Å². The predicted molar refractivity (Wildman–Crippen MR) is 66.1 cm³/mol. The minimum absolute atomic E-state index is 1.09. The van der Waals surface area contributed by atoms with Crippen LogP contribution in [0.15, 0.2) is 0 Å². The average molecular weight is 241 g/mol. The molecule has 0 spiro atoms. The van der Waals surface area contributed by atoms with Crippen LogP contribution in [0.5, 0.6) is 0 Å².